The Morgan fingerprint density at radius 3 is 2.57 bits per heavy atom. The van der Waals surface area contributed by atoms with E-state index < -0.39 is 0 Å². The fraction of sp³-hybridized carbons (Fsp3) is 0.105. The number of aryl methyl sites for hydroxylation is 1. The minimum Gasteiger partial charge on any atom is -0.294 e. The number of carbonyl (C=O) groups is 1. The molecule has 0 aliphatic rings. The van der Waals surface area contributed by atoms with Gasteiger partial charge in [0.2, 0.25) is 0 Å². The number of ketones is 1. The summed E-state index contributed by atoms with van der Waals surface area (Å²) in [6, 6.07) is 20.1. The Kier molecular flexibility index (Phi) is 3.89. The zero-order chi connectivity index (χ0) is 14.8. The summed E-state index contributed by atoms with van der Waals surface area (Å²) in [7, 11) is 0. The van der Waals surface area contributed by atoms with Crippen LogP contribution in [0.5, 0.6) is 0 Å². The molecule has 0 bridgehead atoms. The first-order valence-electron chi connectivity index (χ1n) is 6.91. The molecule has 0 aliphatic carbocycles. The van der Waals surface area contributed by atoms with Crippen LogP contribution < -0.4 is 0 Å². The number of benzene rings is 3. The highest BCUT2D eigenvalue weighted by atomic mass is 79.9. The molecular formula is C19H15BrO. The Balaban J connectivity index is 1.94. The number of rotatable bonds is 3. The van der Waals surface area contributed by atoms with Crippen molar-refractivity contribution >= 4 is 32.5 Å². The predicted octanol–water partition coefficient (Wildman–Crippen LogP) is 5.34. The fourth-order valence-corrected chi connectivity index (χ4v) is 2.79. The van der Waals surface area contributed by atoms with Crippen LogP contribution in [0.2, 0.25) is 0 Å². The lowest BCUT2D eigenvalue weighted by atomic mass is 9.97. The summed E-state index contributed by atoms with van der Waals surface area (Å²) in [5.74, 6) is 0.155. The van der Waals surface area contributed by atoms with Gasteiger partial charge in [0, 0.05) is 16.5 Å². The van der Waals surface area contributed by atoms with Crippen LogP contribution in [-0.2, 0) is 6.42 Å². The highest BCUT2D eigenvalue weighted by Crippen LogP contribution is 2.22. The van der Waals surface area contributed by atoms with E-state index in [1.165, 1.54) is 5.39 Å². The maximum absolute atomic E-state index is 12.5. The van der Waals surface area contributed by atoms with E-state index in [4.69, 9.17) is 0 Å². The van der Waals surface area contributed by atoms with Crippen LogP contribution in [0, 0.1) is 6.92 Å². The Morgan fingerprint density at radius 2 is 1.76 bits per heavy atom. The van der Waals surface area contributed by atoms with E-state index >= 15 is 0 Å². The molecular weight excluding hydrogens is 324 g/mol. The summed E-state index contributed by atoms with van der Waals surface area (Å²) in [5.41, 5.74) is 2.93. The van der Waals surface area contributed by atoms with Crippen LogP contribution >= 0.6 is 15.9 Å². The molecule has 104 valence electrons. The maximum Gasteiger partial charge on any atom is 0.167 e. The molecule has 0 fully saturated rings. The first-order chi connectivity index (χ1) is 10.1. The molecule has 0 heterocycles. The number of fused-ring (bicyclic) bond motifs is 1. The maximum atomic E-state index is 12.5. The third-order valence-electron chi connectivity index (χ3n) is 3.71. The molecule has 21 heavy (non-hydrogen) atoms. The van der Waals surface area contributed by atoms with Gasteiger partial charge in [-0.25, -0.2) is 0 Å². The standard InChI is InChI=1S/C19H15BrO/c1-13-11-16(9-10-18(13)20)19(21)12-15-7-4-6-14-5-2-3-8-17(14)15/h2-11H,12H2,1H3. The summed E-state index contributed by atoms with van der Waals surface area (Å²) in [4.78, 5) is 12.5. The fourth-order valence-electron chi connectivity index (χ4n) is 2.54. The van der Waals surface area contributed by atoms with Crippen LogP contribution in [0.1, 0.15) is 21.5 Å². The van der Waals surface area contributed by atoms with Crippen molar-refractivity contribution < 1.29 is 4.79 Å². The third-order valence-corrected chi connectivity index (χ3v) is 4.60. The lowest BCUT2D eigenvalue weighted by Gasteiger charge is -2.07. The van der Waals surface area contributed by atoms with Gasteiger partial charge < -0.3 is 0 Å². The van der Waals surface area contributed by atoms with Gasteiger partial charge >= 0.3 is 0 Å². The molecule has 3 rings (SSSR count). The Bertz CT molecular complexity index is 815. The normalized spacial score (nSPS) is 10.8. The monoisotopic (exact) mass is 338 g/mol. The van der Waals surface area contributed by atoms with E-state index in [1.54, 1.807) is 0 Å². The number of hydrogen-bond donors (Lipinski definition) is 0. The van der Waals surface area contributed by atoms with E-state index in [2.05, 4.69) is 34.1 Å². The molecule has 0 spiro atoms. The second-order valence-electron chi connectivity index (χ2n) is 5.20. The molecule has 1 nitrogen and oxygen atoms in total. The van der Waals surface area contributed by atoms with Crippen LogP contribution in [0.25, 0.3) is 10.8 Å². The average molecular weight is 339 g/mol. The zero-order valence-corrected chi connectivity index (χ0v) is 13.4. The van der Waals surface area contributed by atoms with Crippen molar-refractivity contribution in [3.05, 3.63) is 81.8 Å². The van der Waals surface area contributed by atoms with E-state index in [1.807, 2.05) is 49.4 Å². The minimum absolute atomic E-state index is 0.155. The highest BCUT2D eigenvalue weighted by molar-refractivity contribution is 9.10. The van der Waals surface area contributed by atoms with E-state index in [0.29, 0.717) is 6.42 Å². The third kappa shape index (κ3) is 2.91. The summed E-state index contributed by atoms with van der Waals surface area (Å²) >= 11 is 3.47. The summed E-state index contributed by atoms with van der Waals surface area (Å²) in [6.07, 6.45) is 0.433. The van der Waals surface area contributed by atoms with Crippen molar-refractivity contribution in [2.75, 3.05) is 0 Å². The molecule has 3 aromatic rings. The molecule has 3 aromatic carbocycles. The largest absolute Gasteiger partial charge is 0.294 e. The molecule has 2 heteroatoms. The minimum atomic E-state index is 0.155. The molecule has 0 unspecified atom stereocenters. The molecule has 0 saturated heterocycles. The van der Waals surface area contributed by atoms with Gasteiger partial charge in [-0.15, -0.1) is 0 Å². The summed E-state index contributed by atoms with van der Waals surface area (Å²) in [5, 5.41) is 2.33. The van der Waals surface area contributed by atoms with Gasteiger partial charge in [-0.3, -0.25) is 4.79 Å². The highest BCUT2D eigenvalue weighted by Gasteiger charge is 2.10. The van der Waals surface area contributed by atoms with Gasteiger partial charge in [0.1, 0.15) is 0 Å². The smallest absolute Gasteiger partial charge is 0.167 e. The zero-order valence-electron chi connectivity index (χ0n) is 11.8. The van der Waals surface area contributed by atoms with Crippen molar-refractivity contribution in [1.82, 2.24) is 0 Å². The van der Waals surface area contributed by atoms with Crippen LogP contribution in [-0.4, -0.2) is 5.78 Å². The van der Waals surface area contributed by atoms with Crippen molar-refractivity contribution in [3.63, 3.8) is 0 Å². The Labute approximate surface area is 132 Å². The van der Waals surface area contributed by atoms with Crippen LogP contribution in [0.4, 0.5) is 0 Å². The Hall–Kier alpha value is -1.93. The van der Waals surface area contributed by atoms with E-state index in [9.17, 15) is 4.79 Å². The quantitative estimate of drug-likeness (QED) is 0.589. The topological polar surface area (TPSA) is 17.1 Å². The molecule has 0 radical (unpaired) electrons. The van der Waals surface area contributed by atoms with Gasteiger partial charge in [0.25, 0.3) is 0 Å². The van der Waals surface area contributed by atoms with Crippen LogP contribution in [0.3, 0.4) is 0 Å². The predicted molar refractivity (Wildman–Crippen MR) is 90.9 cm³/mol. The van der Waals surface area contributed by atoms with Crippen molar-refractivity contribution in [2.45, 2.75) is 13.3 Å². The first kappa shape index (κ1) is 14.0. The van der Waals surface area contributed by atoms with Crippen molar-refractivity contribution in [3.8, 4) is 0 Å². The number of hydrogen-bond acceptors (Lipinski definition) is 1. The number of Topliss-reactive ketones (excluding diaryl/α,β-unsaturated/α-hetero) is 1. The Morgan fingerprint density at radius 1 is 1.00 bits per heavy atom. The summed E-state index contributed by atoms with van der Waals surface area (Å²) in [6.45, 7) is 2.00. The number of carbonyl (C=O) groups excluding carboxylic acids is 1. The van der Waals surface area contributed by atoms with Gasteiger partial charge in [-0.1, -0.05) is 64.5 Å². The average Bonchev–Trinajstić information content (AvgIpc) is 2.50. The van der Waals surface area contributed by atoms with Crippen molar-refractivity contribution in [2.24, 2.45) is 0 Å². The SMILES string of the molecule is Cc1cc(C(=O)Cc2cccc3ccccc23)ccc1Br. The van der Waals surface area contributed by atoms with Crippen molar-refractivity contribution in [1.29, 1.82) is 0 Å². The summed E-state index contributed by atoms with van der Waals surface area (Å²) < 4.78 is 1.03. The van der Waals surface area contributed by atoms with Gasteiger partial charge in [0.05, 0.1) is 0 Å². The lowest BCUT2D eigenvalue weighted by molar-refractivity contribution is 0.0993. The number of halogens is 1. The van der Waals surface area contributed by atoms with E-state index in [0.717, 1.165) is 26.5 Å². The molecule has 0 atom stereocenters. The molecule has 0 saturated carbocycles. The second kappa shape index (κ2) is 5.82. The van der Waals surface area contributed by atoms with Crippen LogP contribution in [0.15, 0.2) is 65.1 Å². The van der Waals surface area contributed by atoms with Gasteiger partial charge in [-0.2, -0.15) is 0 Å². The second-order valence-corrected chi connectivity index (χ2v) is 6.06. The molecule has 0 aromatic heterocycles. The van der Waals surface area contributed by atoms with Gasteiger partial charge in [0.15, 0.2) is 5.78 Å². The van der Waals surface area contributed by atoms with E-state index in [-0.39, 0.29) is 5.78 Å². The molecule has 0 aliphatic heterocycles. The lowest BCUT2D eigenvalue weighted by Crippen LogP contribution is -2.04. The molecule has 0 N–H and O–H groups in total. The first-order valence-corrected chi connectivity index (χ1v) is 7.70. The van der Waals surface area contributed by atoms with Gasteiger partial charge in [-0.05, 0) is 41.0 Å². The molecule has 0 amide bonds.